The molecule has 0 bridgehead atoms. The molecule has 1 aromatic heterocycles. The topological polar surface area (TPSA) is 51.4 Å². The summed E-state index contributed by atoms with van der Waals surface area (Å²) in [6, 6.07) is 0. The van der Waals surface area contributed by atoms with Gasteiger partial charge in [0.05, 0.1) is 12.3 Å². The van der Waals surface area contributed by atoms with Crippen LogP contribution in [0.4, 0.5) is 5.13 Å². The summed E-state index contributed by atoms with van der Waals surface area (Å²) < 4.78 is 5.36. The minimum atomic E-state index is 0.614. The van der Waals surface area contributed by atoms with Crippen LogP contribution in [0.3, 0.4) is 0 Å². The van der Waals surface area contributed by atoms with E-state index in [4.69, 9.17) is 15.5 Å². The number of hydrogen-bond donors (Lipinski definition) is 1. The Morgan fingerprint density at radius 1 is 1.53 bits per heavy atom. The lowest BCUT2D eigenvalue weighted by Crippen LogP contribution is -2.22. The van der Waals surface area contributed by atoms with Crippen LogP contribution in [-0.4, -0.2) is 31.8 Å². The van der Waals surface area contributed by atoms with Gasteiger partial charge in [0.2, 0.25) is 0 Å². The van der Waals surface area contributed by atoms with E-state index in [0.29, 0.717) is 12.5 Å². The van der Waals surface area contributed by atoms with Crippen molar-refractivity contribution < 1.29 is 4.74 Å². The Balaban J connectivity index is 1.99. The number of hydrogen-bond acceptors (Lipinski definition) is 5. The van der Waals surface area contributed by atoms with Gasteiger partial charge in [0.1, 0.15) is 0 Å². The Hall–Kier alpha value is -0.650. The van der Waals surface area contributed by atoms with Gasteiger partial charge in [0.25, 0.3) is 0 Å². The highest BCUT2D eigenvalue weighted by molar-refractivity contribution is 7.15. The van der Waals surface area contributed by atoms with Crippen molar-refractivity contribution in [2.24, 2.45) is 5.73 Å². The number of rotatable bonds is 7. The first kappa shape index (κ1) is 12.8. The maximum Gasteiger partial charge on any atom is 0.185 e. The minimum absolute atomic E-state index is 0.614. The van der Waals surface area contributed by atoms with E-state index in [1.54, 1.807) is 11.3 Å². The average molecular weight is 255 g/mol. The molecule has 1 aliphatic rings. The number of nitrogens with two attached hydrogens (primary N) is 1. The molecule has 4 nitrogen and oxygen atoms in total. The average Bonchev–Trinajstić information content (AvgIpc) is 3.08. The van der Waals surface area contributed by atoms with E-state index in [1.165, 1.54) is 23.4 Å². The van der Waals surface area contributed by atoms with Crippen molar-refractivity contribution in [1.82, 2.24) is 4.98 Å². The van der Waals surface area contributed by atoms with E-state index in [-0.39, 0.29) is 0 Å². The molecule has 1 aliphatic carbocycles. The van der Waals surface area contributed by atoms with Crippen molar-refractivity contribution in [3.05, 3.63) is 10.6 Å². The summed E-state index contributed by atoms with van der Waals surface area (Å²) in [5.74, 6) is 0.679. The number of nitrogens with zero attached hydrogens (tertiary/aromatic N) is 2. The van der Waals surface area contributed by atoms with Crippen LogP contribution in [0.5, 0.6) is 0 Å². The predicted octanol–water partition coefficient (Wildman–Crippen LogP) is 1.95. The van der Waals surface area contributed by atoms with Crippen LogP contribution in [0.2, 0.25) is 0 Å². The Morgan fingerprint density at radius 3 is 2.88 bits per heavy atom. The number of anilines is 1. The van der Waals surface area contributed by atoms with Gasteiger partial charge in [-0.1, -0.05) is 0 Å². The zero-order chi connectivity index (χ0) is 12.3. The Morgan fingerprint density at radius 2 is 2.29 bits per heavy atom. The van der Waals surface area contributed by atoms with Crippen LogP contribution in [0.1, 0.15) is 36.3 Å². The van der Waals surface area contributed by atoms with Crippen LogP contribution in [0.25, 0.3) is 0 Å². The highest BCUT2D eigenvalue weighted by Crippen LogP contribution is 2.43. The fraction of sp³-hybridized carbons (Fsp3) is 0.750. The summed E-state index contributed by atoms with van der Waals surface area (Å²) in [5, 5.41) is 1.08. The highest BCUT2D eigenvalue weighted by Gasteiger charge is 2.29. The Bertz CT molecular complexity index is 363. The van der Waals surface area contributed by atoms with Crippen LogP contribution in [0.15, 0.2) is 0 Å². The van der Waals surface area contributed by atoms with Gasteiger partial charge in [-0.2, -0.15) is 0 Å². The predicted molar refractivity (Wildman–Crippen MR) is 71.7 cm³/mol. The van der Waals surface area contributed by atoms with Crippen molar-refractivity contribution in [2.75, 3.05) is 31.7 Å². The number of aromatic nitrogens is 1. The third kappa shape index (κ3) is 3.18. The summed E-state index contributed by atoms with van der Waals surface area (Å²) in [6.07, 6.45) is 2.55. The second-order valence-corrected chi connectivity index (χ2v) is 5.46. The van der Waals surface area contributed by atoms with Crippen molar-refractivity contribution in [2.45, 2.75) is 32.2 Å². The SMILES string of the molecule is CCOCCN(C)c1nc(C2CC2)c(CN)s1. The first-order chi connectivity index (χ1) is 8.26. The van der Waals surface area contributed by atoms with Gasteiger partial charge in [0, 0.05) is 37.5 Å². The molecule has 0 saturated heterocycles. The lowest BCUT2D eigenvalue weighted by molar-refractivity contribution is 0.154. The zero-order valence-electron chi connectivity index (χ0n) is 10.6. The fourth-order valence-corrected chi connectivity index (χ4v) is 2.79. The molecule has 17 heavy (non-hydrogen) atoms. The molecule has 0 spiro atoms. The number of ether oxygens (including phenoxy) is 1. The van der Waals surface area contributed by atoms with Gasteiger partial charge in [-0.3, -0.25) is 0 Å². The standard InChI is InChI=1S/C12H21N3OS/c1-3-16-7-6-15(2)12-14-11(9-4-5-9)10(8-13)17-12/h9H,3-8,13H2,1-2H3. The molecular weight excluding hydrogens is 234 g/mol. The van der Waals surface area contributed by atoms with E-state index in [9.17, 15) is 0 Å². The van der Waals surface area contributed by atoms with E-state index < -0.39 is 0 Å². The van der Waals surface area contributed by atoms with Gasteiger partial charge in [-0.25, -0.2) is 4.98 Å². The molecule has 1 fully saturated rings. The van der Waals surface area contributed by atoms with Gasteiger partial charge >= 0.3 is 0 Å². The molecule has 0 unspecified atom stereocenters. The quantitative estimate of drug-likeness (QED) is 0.757. The highest BCUT2D eigenvalue weighted by atomic mass is 32.1. The van der Waals surface area contributed by atoms with Crippen LogP contribution in [-0.2, 0) is 11.3 Å². The van der Waals surface area contributed by atoms with Crippen molar-refractivity contribution in [3.63, 3.8) is 0 Å². The Labute approximate surface area is 107 Å². The summed E-state index contributed by atoms with van der Waals surface area (Å²) >= 11 is 1.73. The Kier molecular flexibility index (Phi) is 4.36. The summed E-state index contributed by atoms with van der Waals surface area (Å²) in [4.78, 5) is 8.14. The van der Waals surface area contributed by atoms with Crippen LogP contribution in [0, 0.1) is 0 Å². The van der Waals surface area contributed by atoms with E-state index >= 15 is 0 Å². The van der Waals surface area contributed by atoms with Gasteiger partial charge in [0.15, 0.2) is 5.13 Å². The van der Waals surface area contributed by atoms with Gasteiger partial charge in [-0.15, -0.1) is 11.3 Å². The van der Waals surface area contributed by atoms with Gasteiger partial charge in [-0.05, 0) is 19.8 Å². The zero-order valence-corrected chi connectivity index (χ0v) is 11.4. The summed E-state index contributed by atoms with van der Waals surface area (Å²) in [5.41, 5.74) is 7.02. The third-order valence-corrected chi connectivity index (χ3v) is 4.18. The first-order valence-corrected chi connectivity index (χ1v) is 7.06. The van der Waals surface area contributed by atoms with Gasteiger partial charge < -0.3 is 15.4 Å². The van der Waals surface area contributed by atoms with Crippen LogP contribution >= 0.6 is 11.3 Å². The normalized spacial score (nSPS) is 15.2. The summed E-state index contributed by atoms with van der Waals surface area (Å²) in [7, 11) is 2.06. The van der Waals surface area contributed by atoms with E-state index in [1.807, 2.05) is 6.92 Å². The molecule has 1 saturated carbocycles. The smallest absolute Gasteiger partial charge is 0.185 e. The molecule has 0 aromatic carbocycles. The molecule has 0 radical (unpaired) electrons. The minimum Gasteiger partial charge on any atom is -0.380 e. The summed E-state index contributed by atoms with van der Waals surface area (Å²) in [6.45, 7) is 5.04. The molecule has 1 heterocycles. The maximum absolute atomic E-state index is 5.78. The largest absolute Gasteiger partial charge is 0.380 e. The molecule has 0 amide bonds. The lowest BCUT2D eigenvalue weighted by Gasteiger charge is -2.15. The monoisotopic (exact) mass is 255 g/mol. The lowest BCUT2D eigenvalue weighted by atomic mass is 10.2. The second kappa shape index (κ2) is 5.80. The fourth-order valence-electron chi connectivity index (χ4n) is 1.78. The van der Waals surface area contributed by atoms with Crippen molar-refractivity contribution >= 4 is 16.5 Å². The maximum atomic E-state index is 5.78. The van der Waals surface area contributed by atoms with E-state index in [2.05, 4.69) is 11.9 Å². The van der Waals surface area contributed by atoms with Crippen molar-refractivity contribution in [3.8, 4) is 0 Å². The molecular formula is C12H21N3OS. The molecule has 96 valence electrons. The van der Waals surface area contributed by atoms with E-state index in [0.717, 1.165) is 24.9 Å². The number of thiazole rings is 1. The molecule has 1 aromatic rings. The molecule has 0 atom stereocenters. The third-order valence-electron chi connectivity index (χ3n) is 2.97. The molecule has 2 N–H and O–H groups in total. The van der Waals surface area contributed by atoms with Crippen molar-refractivity contribution in [1.29, 1.82) is 0 Å². The molecule has 0 aliphatic heterocycles. The second-order valence-electron chi connectivity index (χ2n) is 4.40. The molecule has 5 heteroatoms. The molecule has 2 rings (SSSR count). The van der Waals surface area contributed by atoms with Crippen LogP contribution < -0.4 is 10.6 Å². The number of likely N-dealkylation sites (N-methyl/N-ethyl adjacent to an activating group) is 1. The first-order valence-electron chi connectivity index (χ1n) is 6.24.